The SMILES string of the molecule is CCC(C(=O)CC(C)[C@H]1CC[C@H]2[C@@H]3CC=C4C[C@@H](O)CC[C@]4(C)[C@H]3CC[C@]12C)C(C)C. The molecule has 4 rings (SSSR count). The summed E-state index contributed by atoms with van der Waals surface area (Å²) in [5.74, 6) is 4.89. The molecular weight excluding hydrogens is 380 g/mol. The largest absolute Gasteiger partial charge is 0.393 e. The lowest BCUT2D eigenvalue weighted by Gasteiger charge is -2.58. The zero-order valence-electron chi connectivity index (χ0n) is 21.1. The standard InChI is InChI=1S/C29H48O2/c1-7-22(18(2)3)27(31)16-19(4)24-10-11-25-23-9-8-20-17-21(30)12-14-28(20,5)26(23)13-15-29(24,25)6/h8,18-19,21-26,30H,7,9-17H2,1-6H3/t19?,21-,22?,23-,24+,25-,26-,28-,29+/m0/s1. The Kier molecular flexibility index (Phi) is 6.54. The summed E-state index contributed by atoms with van der Waals surface area (Å²) < 4.78 is 0. The van der Waals surface area contributed by atoms with Crippen LogP contribution in [0, 0.1) is 52.3 Å². The number of hydrogen-bond acceptors (Lipinski definition) is 2. The predicted molar refractivity (Wildman–Crippen MR) is 129 cm³/mol. The highest BCUT2D eigenvalue weighted by molar-refractivity contribution is 5.81. The molecule has 0 aromatic rings. The first kappa shape index (κ1) is 23.5. The van der Waals surface area contributed by atoms with Gasteiger partial charge in [0.25, 0.3) is 0 Å². The lowest BCUT2D eigenvalue weighted by molar-refractivity contribution is -0.126. The summed E-state index contributed by atoms with van der Waals surface area (Å²) in [6.07, 6.45) is 13.9. The molecule has 4 aliphatic carbocycles. The van der Waals surface area contributed by atoms with Crippen molar-refractivity contribution in [2.24, 2.45) is 52.3 Å². The Labute approximate surface area is 191 Å². The van der Waals surface area contributed by atoms with E-state index in [1.54, 1.807) is 5.57 Å². The number of allylic oxidation sites excluding steroid dienone is 1. The van der Waals surface area contributed by atoms with E-state index in [9.17, 15) is 9.90 Å². The van der Waals surface area contributed by atoms with Crippen molar-refractivity contribution in [1.29, 1.82) is 0 Å². The maximum atomic E-state index is 13.1. The van der Waals surface area contributed by atoms with Crippen molar-refractivity contribution in [1.82, 2.24) is 0 Å². The van der Waals surface area contributed by atoms with Crippen LogP contribution in [0.5, 0.6) is 0 Å². The Balaban J connectivity index is 1.50. The number of Topliss-reactive ketones (excluding diaryl/α,β-unsaturated/α-hetero) is 1. The van der Waals surface area contributed by atoms with Crippen LogP contribution in [-0.4, -0.2) is 17.0 Å². The third kappa shape index (κ3) is 3.87. The minimum absolute atomic E-state index is 0.114. The van der Waals surface area contributed by atoms with Gasteiger partial charge in [0.2, 0.25) is 0 Å². The van der Waals surface area contributed by atoms with Crippen LogP contribution in [0.25, 0.3) is 0 Å². The van der Waals surface area contributed by atoms with Crippen LogP contribution in [-0.2, 0) is 4.79 Å². The maximum Gasteiger partial charge on any atom is 0.136 e. The summed E-state index contributed by atoms with van der Waals surface area (Å²) in [5, 5.41) is 10.2. The van der Waals surface area contributed by atoms with Crippen molar-refractivity contribution in [2.75, 3.05) is 0 Å². The zero-order valence-corrected chi connectivity index (χ0v) is 21.1. The van der Waals surface area contributed by atoms with E-state index in [1.165, 1.54) is 38.5 Å². The van der Waals surface area contributed by atoms with Crippen LogP contribution in [0.4, 0.5) is 0 Å². The Bertz CT molecular complexity index is 708. The molecular formula is C29H48O2. The monoisotopic (exact) mass is 428 g/mol. The number of carbonyl (C=O) groups is 1. The van der Waals surface area contributed by atoms with Crippen LogP contribution in [0.2, 0.25) is 0 Å². The molecule has 0 radical (unpaired) electrons. The van der Waals surface area contributed by atoms with E-state index in [2.05, 4.69) is 47.6 Å². The van der Waals surface area contributed by atoms with E-state index < -0.39 is 0 Å². The highest BCUT2D eigenvalue weighted by Crippen LogP contribution is 2.67. The lowest BCUT2D eigenvalue weighted by Crippen LogP contribution is -2.50. The molecule has 9 atom stereocenters. The van der Waals surface area contributed by atoms with E-state index in [4.69, 9.17) is 0 Å². The van der Waals surface area contributed by atoms with Gasteiger partial charge in [-0.15, -0.1) is 0 Å². The number of hydrogen-bond donors (Lipinski definition) is 1. The maximum absolute atomic E-state index is 13.1. The predicted octanol–water partition coefficient (Wildman–Crippen LogP) is 7.20. The minimum Gasteiger partial charge on any atom is -0.393 e. The molecule has 0 spiro atoms. The fourth-order valence-corrected chi connectivity index (χ4v) is 9.30. The van der Waals surface area contributed by atoms with Crippen molar-refractivity contribution in [3.63, 3.8) is 0 Å². The first-order chi connectivity index (χ1) is 14.6. The second-order valence-corrected chi connectivity index (χ2v) is 12.8. The quantitative estimate of drug-likeness (QED) is 0.454. The van der Waals surface area contributed by atoms with Gasteiger partial charge in [0.1, 0.15) is 5.78 Å². The highest BCUT2D eigenvalue weighted by atomic mass is 16.3. The number of aliphatic hydroxyl groups excluding tert-OH is 1. The first-order valence-electron chi connectivity index (χ1n) is 13.5. The molecule has 2 heteroatoms. The van der Waals surface area contributed by atoms with Crippen molar-refractivity contribution < 1.29 is 9.90 Å². The topological polar surface area (TPSA) is 37.3 Å². The molecule has 2 nitrogen and oxygen atoms in total. The first-order valence-corrected chi connectivity index (χ1v) is 13.5. The molecule has 0 aromatic carbocycles. The third-order valence-corrected chi connectivity index (χ3v) is 11.0. The summed E-state index contributed by atoms with van der Waals surface area (Å²) in [6, 6.07) is 0. The molecule has 0 saturated heterocycles. The Morgan fingerprint density at radius 1 is 1.10 bits per heavy atom. The Morgan fingerprint density at radius 2 is 1.84 bits per heavy atom. The minimum atomic E-state index is -0.114. The summed E-state index contributed by atoms with van der Waals surface area (Å²) in [5.41, 5.74) is 2.31. The molecule has 0 heterocycles. The van der Waals surface area contributed by atoms with Gasteiger partial charge in [-0.25, -0.2) is 0 Å². The van der Waals surface area contributed by atoms with Gasteiger partial charge in [0.05, 0.1) is 6.10 Å². The number of carbonyl (C=O) groups excluding carboxylic acids is 1. The Hall–Kier alpha value is -0.630. The van der Waals surface area contributed by atoms with Crippen LogP contribution < -0.4 is 0 Å². The molecule has 31 heavy (non-hydrogen) atoms. The molecule has 3 saturated carbocycles. The van der Waals surface area contributed by atoms with Gasteiger partial charge in [-0.1, -0.05) is 53.2 Å². The smallest absolute Gasteiger partial charge is 0.136 e. The van der Waals surface area contributed by atoms with E-state index in [1.807, 2.05) is 0 Å². The number of aliphatic hydroxyl groups is 1. The number of rotatable bonds is 6. The summed E-state index contributed by atoms with van der Waals surface area (Å²) in [4.78, 5) is 13.1. The molecule has 2 unspecified atom stereocenters. The van der Waals surface area contributed by atoms with Crippen molar-refractivity contribution in [3.05, 3.63) is 11.6 Å². The molecule has 4 aliphatic rings. The second-order valence-electron chi connectivity index (χ2n) is 12.8. The van der Waals surface area contributed by atoms with Gasteiger partial charge in [0, 0.05) is 12.3 Å². The van der Waals surface area contributed by atoms with Gasteiger partial charge < -0.3 is 5.11 Å². The summed E-state index contributed by atoms with van der Waals surface area (Å²) in [6.45, 7) is 14.1. The van der Waals surface area contributed by atoms with Crippen molar-refractivity contribution in [2.45, 2.75) is 112 Å². The fourth-order valence-electron chi connectivity index (χ4n) is 9.30. The van der Waals surface area contributed by atoms with Gasteiger partial charge in [-0.2, -0.15) is 0 Å². The normalized spacial score (nSPS) is 44.1. The van der Waals surface area contributed by atoms with Gasteiger partial charge in [0.15, 0.2) is 0 Å². The van der Waals surface area contributed by atoms with E-state index in [0.29, 0.717) is 34.4 Å². The average Bonchev–Trinajstić information content (AvgIpc) is 3.06. The molecule has 0 bridgehead atoms. The van der Waals surface area contributed by atoms with E-state index in [-0.39, 0.29) is 12.0 Å². The lowest BCUT2D eigenvalue weighted by atomic mass is 9.47. The molecule has 0 aliphatic heterocycles. The summed E-state index contributed by atoms with van der Waals surface area (Å²) >= 11 is 0. The van der Waals surface area contributed by atoms with Gasteiger partial charge in [-0.05, 0) is 104 Å². The molecule has 3 fully saturated rings. The van der Waals surface area contributed by atoms with Gasteiger partial charge >= 0.3 is 0 Å². The van der Waals surface area contributed by atoms with Crippen LogP contribution in [0.15, 0.2) is 11.6 Å². The number of fused-ring (bicyclic) bond motifs is 5. The van der Waals surface area contributed by atoms with Crippen LogP contribution in [0.3, 0.4) is 0 Å². The fraction of sp³-hybridized carbons (Fsp3) is 0.897. The summed E-state index contributed by atoms with van der Waals surface area (Å²) in [7, 11) is 0. The van der Waals surface area contributed by atoms with E-state index in [0.717, 1.165) is 43.4 Å². The second kappa shape index (κ2) is 8.62. The molecule has 1 N–H and O–H groups in total. The van der Waals surface area contributed by atoms with Gasteiger partial charge in [-0.3, -0.25) is 4.79 Å². The van der Waals surface area contributed by atoms with Crippen LogP contribution >= 0.6 is 0 Å². The molecule has 0 aromatic heterocycles. The van der Waals surface area contributed by atoms with E-state index >= 15 is 0 Å². The highest BCUT2D eigenvalue weighted by Gasteiger charge is 2.59. The third-order valence-electron chi connectivity index (χ3n) is 11.0. The molecule has 0 amide bonds. The van der Waals surface area contributed by atoms with Crippen molar-refractivity contribution in [3.8, 4) is 0 Å². The van der Waals surface area contributed by atoms with Crippen molar-refractivity contribution >= 4 is 5.78 Å². The average molecular weight is 429 g/mol. The molecule has 176 valence electrons. The Morgan fingerprint density at radius 3 is 2.52 bits per heavy atom. The number of ketones is 1. The van der Waals surface area contributed by atoms with Crippen LogP contribution in [0.1, 0.15) is 106 Å². The zero-order chi connectivity index (χ0) is 22.6.